The van der Waals surface area contributed by atoms with Gasteiger partial charge in [-0.1, -0.05) is 12.1 Å². The van der Waals surface area contributed by atoms with Gasteiger partial charge in [-0.25, -0.2) is 0 Å². The fourth-order valence-electron chi connectivity index (χ4n) is 2.33. The fourth-order valence-corrected chi connectivity index (χ4v) is 3.22. The third-order valence-electron chi connectivity index (χ3n) is 3.53. The number of thiophene rings is 1. The van der Waals surface area contributed by atoms with Crippen molar-refractivity contribution in [3.63, 3.8) is 0 Å². The first-order chi connectivity index (χ1) is 12.0. The summed E-state index contributed by atoms with van der Waals surface area (Å²) >= 11 is 1.07. The van der Waals surface area contributed by atoms with Crippen molar-refractivity contribution in [1.29, 1.82) is 0 Å². The highest BCUT2D eigenvalue weighted by molar-refractivity contribution is 7.14. The summed E-state index contributed by atoms with van der Waals surface area (Å²) in [5.41, 5.74) is 1.42. The number of ether oxygens (including phenoxy) is 1. The molecule has 2 heterocycles. The molecule has 8 nitrogen and oxygen atoms in total. The Morgan fingerprint density at radius 2 is 2.12 bits per heavy atom. The van der Waals surface area contributed by atoms with Crippen LogP contribution in [0.4, 0.5) is 11.5 Å². The zero-order chi connectivity index (χ0) is 18.0. The highest BCUT2D eigenvalue weighted by atomic mass is 32.1. The second kappa shape index (κ2) is 6.73. The number of hydrogen-bond acceptors (Lipinski definition) is 6. The van der Waals surface area contributed by atoms with Gasteiger partial charge in [0, 0.05) is 17.7 Å². The van der Waals surface area contributed by atoms with E-state index in [2.05, 4.69) is 15.5 Å². The maximum atomic E-state index is 12.3. The van der Waals surface area contributed by atoms with Crippen LogP contribution in [0.2, 0.25) is 0 Å². The summed E-state index contributed by atoms with van der Waals surface area (Å²) in [6.07, 6.45) is 0. The maximum Gasteiger partial charge on any atom is 0.283 e. The first kappa shape index (κ1) is 16.7. The lowest BCUT2D eigenvalue weighted by Gasteiger charge is -2.05. The molecule has 0 aliphatic heterocycles. The van der Waals surface area contributed by atoms with Gasteiger partial charge in [0.15, 0.2) is 5.82 Å². The predicted molar refractivity (Wildman–Crippen MR) is 94.2 cm³/mol. The number of methoxy groups -OCH3 is 1. The Morgan fingerprint density at radius 1 is 1.36 bits per heavy atom. The van der Waals surface area contributed by atoms with Crippen LogP contribution in [-0.2, 0) is 0 Å². The number of nitrogens with zero attached hydrogens (tertiary/aromatic N) is 2. The molecule has 2 N–H and O–H groups in total. The maximum absolute atomic E-state index is 12.3. The molecule has 2 aromatic heterocycles. The minimum absolute atomic E-state index is 0.0631. The van der Waals surface area contributed by atoms with E-state index >= 15 is 0 Å². The number of hydrogen-bond donors (Lipinski definition) is 2. The van der Waals surface area contributed by atoms with E-state index in [-0.39, 0.29) is 10.6 Å². The molecule has 0 aliphatic carbocycles. The summed E-state index contributed by atoms with van der Waals surface area (Å²) < 4.78 is 5.30. The molecule has 3 rings (SSSR count). The molecule has 1 amide bonds. The number of rotatable bonds is 5. The van der Waals surface area contributed by atoms with Crippen LogP contribution in [0, 0.1) is 17.0 Å². The molecule has 0 unspecified atom stereocenters. The number of aromatic amines is 1. The zero-order valence-corrected chi connectivity index (χ0v) is 14.2. The molecule has 25 heavy (non-hydrogen) atoms. The molecule has 0 fully saturated rings. The van der Waals surface area contributed by atoms with Crippen LogP contribution in [0.1, 0.15) is 14.5 Å². The molecule has 128 valence electrons. The van der Waals surface area contributed by atoms with Gasteiger partial charge in [-0.15, -0.1) is 11.3 Å². The molecule has 3 aromatic rings. The van der Waals surface area contributed by atoms with Crippen LogP contribution in [0.25, 0.3) is 11.3 Å². The zero-order valence-electron chi connectivity index (χ0n) is 13.4. The summed E-state index contributed by atoms with van der Waals surface area (Å²) in [6, 6.07) is 10.3. The first-order valence-electron chi connectivity index (χ1n) is 7.24. The average Bonchev–Trinajstić information content (AvgIpc) is 3.21. The van der Waals surface area contributed by atoms with E-state index in [0.29, 0.717) is 22.1 Å². The number of amides is 1. The third-order valence-corrected chi connectivity index (χ3v) is 4.57. The van der Waals surface area contributed by atoms with E-state index in [1.807, 2.05) is 24.3 Å². The van der Waals surface area contributed by atoms with Gasteiger partial charge in [0.2, 0.25) is 0 Å². The highest BCUT2D eigenvalue weighted by Gasteiger charge is 2.20. The Morgan fingerprint density at radius 3 is 2.80 bits per heavy atom. The Balaban J connectivity index is 1.80. The van der Waals surface area contributed by atoms with Gasteiger partial charge in [-0.05, 0) is 19.1 Å². The number of H-pyrrole nitrogens is 1. The number of nitro groups is 1. The molecular formula is C16H14N4O4S. The largest absolute Gasteiger partial charge is 0.496 e. The van der Waals surface area contributed by atoms with Crippen molar-refractivity contribution in [2.45, 2.75) is 6.92 Å². The van der Waals surface area contributed by atoms with Gasteiger partial charge in [-0.3, -0.25) is 20.0 Å². The number of anilines is 1. The summed E-state index contributed by atoms with van der Waals surface area (Å²) in [5.74, 6) is 0.549. The van der Waals surface area contributed by atoms with Gasteiger partial charge >= 0.3 is 0 Å². The lowest BCUT2D eigenvalue weighted by Crippen LogP contribution is -2.10. The number of benzene rings is 1. The summed E-state index contributed by atoms with van der Waals surface area (Å²) in [6.45, 7) is 1.61. The number of carbonyl (C=O) groups excluding carboxylic acids is 1. The molecule has 0 atom stereocenters. The lowest BCUT2D eigenvalue weighted by molar-refractivity contribution is -0.385. The van der Waals surface area contributed by atoms with E-state index in [9.17, 15) is 14.9 Å². The second-order valence-corrected chi connectivity index (χ2v) is 6.39. The number of aromatic nitrogens is 2. The molecule has 0 saturated heterocycles. The van der Waals surface area contributed by atoms with Crippen LogP contribution in [0.3, 0.4) is 0 Å². The molecule has 1 aromatic carbocycles. The normalized spacial score (nSPS) is 10.5. The smallest absolute Gasteiger partial charge is 0.283 e. The van der Waals surface area contributed by atoms with E-state index in [1.54, 1.807) is 20.1 Å². The minimum atomic E-state index is -0.503. The van der Waals surface area contributed by atoms with Crippen molar-refractivity contribution in [2.24, 2.45) is 0 Å². The monoisotopic (exact) mass is 358 g/mol. The number of para-hydroxylation sites is 1. The van der Waals surface area contributed by atoms with Gasteiger partial charge in [0.05, 0.1) is 27.5 Å². The lowest BCUT2D eigenvalue weighted by atomic mass is 10.1. The van der Waals surface area contributed by atoms with Crippen molar-refractivity contribution in [2.75, 3.05) is 12.4 Å². The Bertz CT molecular complexity index is 947. The van der Waals surface area contributed by atoms with E-state index in [4.69, 9.17) is 4.74 Å². The van der Waals surface area contributed by atoms with Crippen LogP contribution in [0.15, 0.2) is 36.4 Å². The number of carbonyl (C=O) groups is 1. The minimum Gasteiger partial charge on any atom is -0.496 e. The van der Waals surface area contributed by atoms with Crippen LogP contribution >= 0.6 is 11.3 Å². The van der Waals surface area contributed by atoms with Crippen molar-refractivity contribution in [3.05, 3.63) is 56.3 Å². The average molecular weight is 358 g/mol. The summed E-state index contributed by atoms with van der Waals surface area (Å²) in [5, 5.41) is 20.4. The SMILES string of the molecule is COc1ccccc1-c1cc(NC(=O)c2cc([N+](=O)[O-])c(C)s2)n[nH]1. The molecule has 0 bridgehead atoms. The Kier molecular flexibility index (Phi) is 4.48. The van der Waals surface area contributed by atoms with Gasteiger partial charge in [0.1, 0.15) is 5.75 Å². The first-order valence-corrected chi connectivity index (χ1v) is 8.06. The van der Waals surface area contributed by atoms with Crippen molar-refractivity contribution >= 4 is 28.7 Å². The van der Waals surface area contributed by atoms with Crippen molar-refractivity contribution < 1.29 is 14.5 Å². The Labute approximate surface area is 146 Å². The van der Waals surface area contributed by atoms with Crippen LogP contribution in [-0.4, -0.2) is 28.1 Å². The molecule has 0 spiro atoms. The molecular weight excluding hydrogens is 344 g/mol. The fraction of sp³-hybridized carbons (Fsp3) is 0.125. The van der Waals surface area contributed by atoms with Crippen molar-refractivity contribution in [3.8, 4) is 17.0 Å². The number of nitrogens with one attached hydrogen (secondary N) is 2. The molecule has 0 saturated carbocycles. The summed E-state index contributed by atoms with van der Waals surface area (Å²) in [7, 11) is 1.57. The Hall–Kier alpha value is -3.20. The second-order valence-electron chi connectivity index (χ2n) is 5.13. The number of aryl methyl sites for hydroxylation is 1. The quantitative estimate of drug-likeness (QED) is 0.535. The van der Waals surface area contributed by atoms with Gasteiger partial charge < -0.3 is 10.1 Å². The van der Waals surface area contributed by atoms with Crippen LogP contribution in [0.5, 0.6) is 5.75 Å². The van der Waals surface area contributed by atoms with Gasteiger partial charge in [-0.2, -0.15) is 5.10 Å². The van der Waals surface area contributed by atoms with Crippen LogP contribution < -0.4 is 10.1 Å². The van der Waals surface area contributed by atoms with E-state index in [1.165, 1.54) is 6.07 Å². The van der Waals surface area contributed by atoms with E-state index in [0.717, 1.165) is 16.9 Å². The molecule has 9 heteroatoms. The predicted octanol–water partition coefficient (Wildman–Crippen LogP) is 3.62. The standard InChI is InChI=1S/C16H14N4O4S/c1-9-12(20(22)23)8-14(25-9)16(21)17-15-7-11(18-19-15)10-5-3-4-6-13(10)24-2/h3-8H,1-2H3,(H2,17,18,19,21). The molecule has 0 radical (unpaired) electrons. The van der Waals surface area contributed by atoms with Gasteiger partial charge in [0.25, 0.3) is 11.6 Å². The third kappa shape index (κ3) is 3.36. The topological polar surface area (TPSA) is 110 Å². The summed E-state index contributed by atoms with van der Waals surface area (Å²) in [4.78, 5) is 23.4. The molecule has 0 aliphatic rings. The van der Waals surface area contributed by atoms with E-state index < -0.39 is 10.8 Å². The highest BCUT2D eigenvalue weighted by Crippen LogP contribution is 2.30. The van der Waals surface area contributed by atoms with Crippen molar-refractivity contribution in [1.82, 2.24) is 10.2 Å².